The Labute approximate surface area is 171 Å². The second-order valence-electron chi connectivity index (χ2n) is 6.45. The maximum Gasteiger partial charge on any atom is 0.293 e. The lowest BCUT2D eigenvalue weighted by atomic mass is 10.1. The highest BCUT2D eigenvalue weighted by Crippen LogP contribution is 2.29. The molecule has 0 bridgehead atoms. The topological polar surface area (TPSA) is 113 Å². The van der Waals surface area contributed by atoms with Crippen molar-refractivity contribution in [2.24, 2.45) is 0 Å². The molecule has 0 radical (unpaired) electrons. The summed E-state index contributed by atoms with van der Waals surface area (Å²) in [6, 6.07) is 20.6. The Kier molecular flexibility index (Phi) is 5.21. The Morgan fingerprint density at radius 2 is 1.73 bits per heavy atom. The molecule has 0 aliphatic carbocycles. The monoisotopic (exact) mass is 399 g/mol. The summed E-state index contributed by atoms with van der Waals surface area (Å²) in [5.74, 6) is 0.292. The van der Waals surface area contributed by atoms with E-state index in [1.165, 1.54) is 12.1 Å². The number of hydrogen-bond donors (Lipinski definition) is 3. The third-order valence-electron chi connectivity index (χ3n) is 4.42. The average Bonchev–Trinajstić information content (AvgIpc) is 3.30. The van der Waals surface area contributed by atoms with E-state index in [4.69, 9.17) is 0 Å². The minimum atomic E-state index is -0.514. The van der Waals surface area contributed by atoms with Crippen LogP contribution in [0.3, 0.4) is 0 Å². The molecule has 0 fully saturated rings. The van der Waals surface area contributed by atoms with Crippen molar-refractivity contribution in [3.05, 3.63) is 101 Å². The lowest BCUT2D eigenvalue weighted by molar-refractivity contribution is -0.383. The van der Waals surface area contributed by atoms with Gasteiger partial charge in [0.2, 0.25) is 0 Å². The second kappa shape index (κ2) is 8.27. The molecule has 148 valence electrons. The molecule has 0 saturated carbocycles. The minimum absolute atomic E-state index is 0.181. The largest absolute Gasteiger partial charge is 0.350 e. The van der Waals surface area contributed by atoms with E-state index in [2.05, 4.69) is 20.6 Å². The standard InChI is InChI=1S/C22H17N5O3/c28-22(26-18-9-6-15(7-10-18)21-23-12-13-24-21)16-8-11-19(20(14-16)27(29)30)25-17-4-2-1-3-5-17/h1-14,25H,(H,23,24)(H,26,28). The number of aromatic nitrogens is 2. The third kappa shape index (κ3) is 4.17. The lowest BCUT2D eigenvalue weighted by Crippen LogP contribution is -2.12. The van der Waals surface area contributed by atoms with Crippen LogP contribution in [0, 0.1) is 10.1 Å². The van der Waals surface area contributed by atoms with Crippen molar-refractivity contribution >= 4 is 28.7 Å². The number of anilines is 3. The normalized spacial score (nSPS) is 10.4. The van der Waals surface area contributed by atoms with E-state index in [9.17, 15) is 14.9 Å². The van der Waals surface area contributed by atoms with Gasteiger partial charge in [-0.2, -0.15) is 0 Å². The highest BCUT2D eigenvalue weighted by molar-refractivity contribution is 6.05. The molecule has 4 rings (SSSR count). The molecule has 1 aromatic heterocycles. The van der Waals surface area contributed by atoms with Crippen molar-refractivity contribution in [3.8, 4) is 11.4 Å². The van der Waals surface area contributed by atoms with Gasteiger partial charge in [-0.3, -0.25) is 14.9 Å². The Hall–Kier alpha value is -4.46. The van der Waals surface area contributed by atoms with Gasteiger partial charge in [0.1, 0.15) is 11.5 Å². The van der Waals surface area contributed by atoms with Crippen molar-refractivity contribution < 1.29 is 9.72 Å². The number of nitro groups is 1. The summed E-state index contributed by atoms with van der Waals surface area (Å²) in [6.07, 6.45) is 3.39. The molecule has 0 aliphatic rings. The van der Waals surface area contributed by atoms with Crippen LogP contribution in [-0.2, 0) is 0 Å². The van der Waals surface area contributed by atoms with Crippen LogP contribution in [-0.4, -0.2) is 20.8 Å². The van der Waals surface area contributed by atoms with Gasteiger partial charge in [-0.25, -0.2) is 4.98 Å². The van der Waals surface area contributed by atoms with Gasteiger partial charge < -0.3 is 15.6 Å². The number of H-pyrrole nitrogens is 1. The van der Waals surface area contributed by atoms with Crippen LogP contribution in [0.1, 0.15) is 10.4 Å². The molecular formula is C22H17N5O3. The molecule has 1 amide bonds. The number of carbonyl (C=O) groups excluding carboxylic acids is 1. The number of rotatable bonds is 6. The molecule has 3 N–H and O–H groups in total. The summed E-state index contributed by atoms with van der Waals surface area (Å²) in [6.45, 7) is 0. The SMILES string of the molecule is O=C(Nc1ccc(-c2ncc[nH]2)cc1)c1ccc(Nc2ccccc2)c([N+](=O)[O-])c1. The number of carbonyl (C=O) groups is 1. The molecule has 30 heavy (non-hydrogen) atoms. The van der Waals surface area contributed by atoms with E-state index in [0.29, 0.717) is 11.4 Å². The average molecular weight is 399 g/mol. The Morgan fingerprint density at radius 3 is 2.40 bits per heavy atom. The van der Waals surface area contributed by atoms with E-state index in [-0.39, 0.29) is 11.3 Å². The predicted molar refractivity (Wildman–Crippen MR) is 115 cm³/mol. The van der Waals surface area contributed by atoms with Crippen LogP contribution >= 0.6 is 0 Å². The number of hydrogen-bond acceptors (Lipinski definition) is 5. The summed E-state index contributed by atoms with van der Waals surface area (Å²) in [7, 11) is 0. The van der Waals surface area contributed by atoms with E-state index in [0.717, 1.165) is 17.1 Å². The van der Waals surface area contributed by atoms with Gasteiger partial charge in [-0.15, -0.1) is 0 Å². The molecule has 4 aromatic rings. The summed E-state index contributed by atoms with van der Waals surface area (Å²) in [4.78, 5) is 30.8. The van der Waals surface area contributed by atoms with Crippen molar-refractivity contribution in [2.45, 2.75) is 0 Å². The zero-order chi connectivity index (χ0) is 20.9. The predicted octanol–water partition coefficient (Wildman–Crippen LogP) is 4.98. The molecule has 0 saturated heterocycles. The number of aromatic amines is 1. The van der Waals surface area contributed by atoms with Crippen LogP contribution in [0.15, 0.2) is 85.2 Å². The molecule has 3 aromatic carbocycles. The quantitative estimate of drug-likeness (QED) is 0.313. The first kappa shape index (κ1) is 18.9. The van der Waals surface area contributed by atoms with Crippen LogP contribution in [0.4, 0.5) is 22.7 Å². The van der Waals surface area contributed by atoms with Crippen LogP contribution in [0.2, 0.25) is 0 Å². The van der Waals surface area contributed by atoms with Crippen molar-refractivity contribution in [1.29, 1.82) is 0 Å². The fourth-order valence-electron chi connectivity index (χ4n) is 2.94. The van der Waals surface area contributed by atoms with E-state index < -0.39 is 10.8 Å². The number of amides is 1. The Balaban J connectivity index is 1.52. The number of para-hydroxylation sites is 1. The summed E-state index contributed by atoms with van der Waals surface area (Å²) in [5, 5.41) is 17.3. The van der Waals surface area contributed by atoms with Gasteiger partial charge in [0.15, 0.2) is 0 Å². The van der Waals surface area contributed by atoms with Gasteiger partial charge in [-0.05, 0) is 48.5 Å². The first-order valence-corrected chi connectivity index (χ1v) is 9.12. The molecule has 1 heterocycles. The van der Waals surface area contributed by atoms with Gasteiger partial charge in [-0.1, -0.05) is 18.2 Å². The van der Waals surface area contributed by atoms with E-state index >= 15 is 0 Å². The lowest BCUT2D eigenvalue weighted by Gasteiger charge is -2.09. The number of nitro benzene ring substituents is 1. The number of imidazole rings is 1. The molecule has 0 aliphatic heterocycles. The molecule has 8 heteroatoms. The van der Waals surface area contributed by atoms with Gasteiger partial charge in [0.05, 0.1) is 4.92 Å². The molecule has 8 nitrogen and oxygen atoms in total. The second-order valence-corrected chi connectivity index (χ2v) is 6.45. The summed E-state index contributed by atoms with van der Waals surface area (Å²) < 4.78 is 0. The molecule has 0 spiro atoms. The zero-order valence-corrected chi connectivity index (χ0v) is 15.7. The zero-order valence-electron chi connectivity index (χ0n) is 15.7. The highest BCUT2D eigenvalue weighted by atomic mass is 16.6. The minimum Gasteiger partial charge on any atom is -0.350 e. The van der Waals surface area contributed by atoms with E-state index in [1.807, 2.05) is 30.3 Å². The maximum atomic E-state index is 12.6. The van der Waals surface area contributed by atoms with Gasteiger partial charge >= 0.3 is 0 Å². The highest BCUT2D eigenvalue weighted by Gasteiger charge is 2.18. The fraction of sp³-hybridized carbons (Fsp3) is 0. The van der Waals surface area contributed by atoms with Crippen molar-refractivity contribution in [3.63, 3.8) is 0 Å². The summed E-state index contributed by atoms with van der Waals surface area (Å²) >= 11 is 0. The molecular weight excluding hydrogens is 382 g/mol. The van der Waals surface area contributed by atoms with Crippen molar-refractivity contribution in [1.82, 2.24) is 9.97 Å². The van der Waals surface area contributed by atoms with Crippen molar-refractivity contribution in [2.75, 3.05) is 10.6 Å². The molecule has 0 atom stereocenters. The fourth-order valence-corrected chi connectivity index (χ4v) is 2.94. The third-order valence-corrected chi connectivity index (χ3v) is 4.42. The first-order valence-electron chi connectivity index (χ1n) is 9.12. The molecule has 0 unspecified atom stereocenters. The van der Waals surface area contributed by atoms with Crippen LogP contribution in [0.5, 0.6) is 0 Å². The first-order chi connectivity index (χ1) is 14.6. The van der Waals surface area contributed by atoms with Gasteiger partial charge in [0, 0.05) is 41.0 Å². The Morgan fingerprint density at radius 1 is 0.967 bits per heavy atom. The van der Waals surface area contributed by atoms with E-state index in [1.54, 1.807) is 42.7 Å². The van der Waals surface area contributed by atoms with Crippen LogP contribution in [0.25, 0.3) is 11.4 Å². The number of benzene rings is 3. The van der Waals surface area contributed by atoms with Gasteiger partial charge in [0.25, 0.3) is 11.6 Å². The number of nitrogens with one attached hydrogen (secondary N) is 3. The maximum absolute atomic E-state index is 12.6. The summed E-state index contributed by atoms with van der Waals surface area (Å²) in [5.41, 5.74) is 2.49. The number of nitrogens with zero attached hydrogens (tertiary/aromatic N) is 2. The smallest absolute Gasteiger partial charge is 0.293 e. The Bertz CT molecular complexity index is 1170. The van der Waals surface area contributed by atoms with Crippen LogP contribution < -0.4 is 10.6 Å².